The molecule has 0 radical (unpaired) electrons. The van der Waals surface area contributed by atoms with E-state index in [1.807, 2.05) is 30.3 Å². The van der Waals surface area contributed by atoms with Crippen LogP contribution in [0.25, 0.3) is 0 Å². The normalized spacial score (nSPS) is 13.0. The highest BCUT2D eigenvalue weighted by Crippen LogP contribution is 2.07. The third-order valence-corrected chi connectivity index (χ3v) is 3.67. The lowest BCUT2D eigenvalue weighted by Gasteiger charge is -2.22. The molecule has 4 N–H and O–H groups in total. The number of amides is 3. The van der Waals surface area contributed by atoms with Gasteiger partial charge in [-0.2, -0.15) is 0 Å². The molecule has 0 saturated heterocycles. The Morgan fingerprint density at radius 2 is 1.69 bits per heavy atom. The van der Waals surface area contributed by atoms with Crippen molar-refractivity contribution in [1.29, 1.82) is 0 Å². The molecule has 29 heavy (non-hydrogen) atoms. The number of alkyl carbamates (subject to hydrolysis) is 1. The maximum absolute atomic E-state index is 12.2. The lowest BCUT2D eigenvalue weighted by atomic mass is 10.1. The van der Waals surface area contributed by atoms with Crippen LogP contribution < -0.4 is 16.4 Å². The number of nitrogens with one attached hydrogen (secondary N) is 2. The van der Waals surface area contributed by atoms with Crippen molar-refractivity contribution in [3.05, 3.63) is 35.9 Å². The van der Waals surface area contributed by atoms with Crippen LogP contribution in [0.2, 0.25) is 0 Å². The summed E-state index contributed by atoms with van der Waals surface area (Å²) in [4.78, 5) is 47.4. The van der Waals surface area contributed by atoms with E-state index >= 15 is 0 Å². The average molecular weight is 411 g/mol. The van der Waals surface area contributed by atoms with E-state index in [4.69, 9.17) is 15.2 Å². The van der Waals surface area contributed by atoms with Gasteiger partial charge in [0.05, 0.1) is 0 Å². The summed E-state index contributed by atoms with van der Waals surface area (Å²) in [5.41, 5.74) is 5.43. The molecule has 0 heterocycles. The number of hydrogen-bond acceptors (Lipinski definition) is 6. The summed E-state index contributed by atoms with van der Waals surface area (Å²) in [6, 6.07) is 7.11. The summed E-state index contributed by atoms with van der Waals surface area (Å²) < 4.78 is 10.2. The Hall–Kier alpha value is -3.10. The van der Waals surface area contributed by atoms with Crippen LogP contribution in [0, 0.1) is 0 Å². The van der Waals surface area contributed by atoms with Gasteiger partial charge < -0.3 is 25.8 Å². The van der Waals surface area contributed by atoms with Crippen LogP contribution in [0.4, 0.5) is 4.79 Å². The molecular formula is C20H29N3O6. The molecule has 0 saturated carbocycles. The molecule has 0 aromatic heterocycles. The van der Waals surface area contributed by atoms with Gasteiger partial charge in [-0.1, -0.05) is 30.3 Å². The Morgan fingerprint density at radius 1 is 1.07 bits per heavy atom. The van der Waals surface area contributed by atoms with Crippen molar-refractivity contribution in [2.45, 2.75) is 64.8 Å². The van der Waals surface area contributed by atoms with Crippen molar-refractivity contribution < 1.29 is 28.7 Å². The van der Waals surface area contributed by atoms with E-state index < -0.39 is 41.6 Å². The summed E-state index contributed by atoms with van der Waals surface area (Å²) in [5.74, 6) is -1.94. The van der Waals surface area contributed by atoms with Gasteiger partial charge in [0, 0.05) is 6.42 Å². The van der Waals surface area contributed by atoms with Gasteiger partial charge in [0.1, 0.15) is 24.3 Å². The van der Waals surface area contributed by atoms with Crippen LogP contribution in [-0.4, -0.2) is 41.6 Å². The predicted molar refractivity (Wildman–Crippen MR) is 105 cm³/mol. The summed E-state index contributed by atoms with van der Waals surface area (Å²) in [6.45, 7) is 6.63. The van der Waals surface area contributed by atoms with Crippen LogP contribution in [0.1, 0.15) is 46.1 Å². The Bertz CT molecular complexity index is 715. The maximum Gasteiger partial charge on any atom is 0.408 e. The van der Waals surface area contributed by atoms with Gasteiger partial charge in [-0.15, -0.1) is 0 Å². The summed E-state index contributed by atoms with van der Waals surface area (Å²) >= 11 is 0. The van der Waals surface area contributed by atoms with Gasteiger partial charge in [0.25, 0.3) is 0 Å². The Balaban J connectivity index is 2.47. The van der Waals surface area contributed by atoms with Crippen molar-refractivity contribution in [2.75, 3.05) is 0 Å². The molecule has 1 aromatic rings. The lowest BCUT2D eigenvalue weighted by Crippen LogP contribution is -2.52. The molecule has 0 unspecified atom stereocenters. The molecule has 9 nitrogen and oxygen atoms in total. The number of primary amides is 1. The van der Waals surface area contributed by atoms with Gasteiger partial charge in [0.2, 0.25) is 11.8 Å². The van der Waals surface area contributed by atoms with Gasteiger partial charge in [-0.25, -0.2) is 4.79 Å². The molecule has 9 heteroatoms. The van der Waals surface area contributed by atoms with Crippen molar-refractivity contribution >= 4 is 23.9 Å². The van der Waals surface area contributed by atoms with Crippen molar-refractivity contribution in [3.63, 3.8) is 0 Å². The predicted octanol–water partition coefficient (Wildman–Crippen LogP) is 1.39. The fourth-order valence-electron chi connectivity index (χ4n) is 2.20. The van der Waals surface area contributed by atoms with E-state index in [-0.39, 0.29) is 19.4 Å². The second-order valence-corrected chi connectivity index (χ2v) is 7.52. The minimum absolute atomic E-state index is 0.0200. The fourth-order valence-corrected chi connectivity index (χ4v) is 2.20. The van der Waals surface area contributed by atoms with Crippen molar-refractivity contribution in [2.24, 2.45) is 5.73 Å². The molecule has 0 spiro atoms. The van der Waals surface area contributed by atoms with Crippen LogP contribution in [0.3, 0.4) is 0 Å². The summed E-state index contributed by atoms with van der Waals surface area (Å²) in [7, 11) is 0. The zero-order valence-corrected chi connectivity index (χ0v) is 17.2. The first-order valence-corrected chi connectivity index (χ1v) is 9.26. The molecule has 1 aromatic carbocycles. The minimum atomic E-state index is -1.07. The highest BCUT2D eigenvalue weighted by Gasteiger charge is 2.25. The molecule has 2 atom stereocenters. The van der Waals surface area contributed by atoms with E-state index in [2.05, 4.69) is 10.6 Å². The first-order chi connectivity index (χ1) is 13.5. The second kappa shape index (κ2) is 11.0. The monoisotopic (exact) mass is 411 g/mol. The van der Waals surface area contributed by atoms with Gasteiger partial charge in [-0.05, 0) is 39.7 Å². The van der Waals surface area contributed by atoms with Crippen molar-refractivity contribution in [3.8, 4) is 0 Å². The third kappa shape index (κ3) is 10.1. The Kier molecular flexibility index (Phi) is 9.11. The summed E-state index contributed by atoms with van der Waals surface area (Å²) in [5, 5.41) is 4.79. The number of ether oxygens (including phenoxy) is 2. The summed E-state index contributed by atoms with van der Waals surface area (Å²) in [6.07, 6.45) is -0.886. The number of carbonyl (C=O) groups excluding carboxylic acids is 4. The highest BCUT2D eigenvalue weighted by atomic mass is 16.6. The van der Waals surface area contributed by atoms with Crippen LogP contribution in [0.5, 0.6) is 0 Å². The van der Waals surface area contributed by atoms with E-state index in [0.29, 0.717) is 0 Å². The first kappa shape index (κ1) is 23.9. The lowest BCUT2D eigenvalue weighted by molar-refractivity contribution is -0.145. The number of hydrogen-bond donors (Lipinski definition) is 3. The zero-order valence-electron chi connectivity index (χ0n) is 17.2. The maximum atomic E-state index is 12.2. The number of benzene rings is 1. The Labute approximate surface area is 170 Å². The molecule has 1 rings (SSSR count). The Morgan fingerprint density at radius 3 is 2.24 bits per heavy atom. The third-order valence-electron chi connectivity index (χ3n) is 3.67. The van der Waals surface area contributed by atoms with E-state index in [1.165, 1.54) is 6.92 Å². The quantitative estimate of drug-likeness (QED) is 0.319. The number of rotatable bonds is 9. The average Bonchev–Trinajstić information content (AvgIpc) is 2.62. The molecule has 0 bridgehead atoms. The van der Waals surface area contributed by atoms with Gasteiger partial charge in [-0.3, -0.25) is 14.4 Å². The molecular weight excluding hydrogens is 382 g/mol. The fraction of sp³-hybridized carbons (Fsp3) is 0.500. The molecule has 160 valence electrons. The molecule has 0 aliphatic heterocycles. The molecule has 0 fully saturated rings. The number of nitrogens with two attached hydrogens (primary N) is 1. The van der Waals surface area contributed by atoms with E-state index in [1.54, 1.807) is 20.8 Å². The highest BCUT2D eigenvalue weighted by molar-refractivity contribution is 5.90. The van der Waals surface area contributed by atoms with E-state index in [9.17, 15) is 19.2 Å². The van der Waals surface area contributed by atoms with Crippen LogP contribution in [0.15, 0.2) is 30.3 Å². The second-order valence-electron chi connectivity index (χ2n) is 7.52. The van der Waals surface area contributed by atoms with Crippen LogP contribution in [-0.2, 0) is 30.5 Å². The molecule has 0 aliphatic rings. The van der Waals surface area contributed by atoms with Gasteiger partial charge >= 0.3 is 12.1 Å². The van der Waals surface area contributed by atoms with Gasteiger partial charge in [0.15, 0.2) is 0 Å². The zero-order chi connectivity index (χ0) is 22.0. The SMILES string of the molecule is CC(C)(C)OC(=O)[15NH][13C@@H]([13CH3])[13C](=O)N[C@H](CCC(=O)OCc1ccccc1)C(N)=O. The number of esters is 1. The number of carbonyl (C=O) groups is 4. The molecule has 3 amide bonds. The van der Waals surface area contributed by atoms with Crippen molar-refractivity contribution in [1.82, 2.24) is 10.6 Å². The standard InChI is InChI=1S/C20H29N3O6/c1-13(22-19(27)29-20(2,3)4)18(26)23-15(17(21)25)10-11-16(24)28-12-14-8-6-5-7-9-14/h5-9,13,15H,10-12H2,1-4H3,(H2,21,25)(H,22,27)(H,23,26)/t13-,15+/m0/s1/i1+1,13+1,18+1,22+1. The topological polar surface area (TPSA) is 137 Å². The largest absolute Gasteiger partial charge is 0.461 e. The smallest absolute Gasteiger partial charge is 0.408 e. The molecule has 0 aliphatic carbocycles. The van der Waals surface area contributed by atoms with E-state index in [0.717, 1.165) is 5.56 Å². The van der Waals surface area contributed by atoms with Crippen LogP contribution >= 0.6 is 0 Å². The first-order valence-electron chi connectivity index (χ1n) is 9.26. The minimum Gasteiger partial charge on any atom is -0.461 e.